The van der Waals surface area contributed by atoms with Crippen molar-refractivity contribution in [3.63, 3.8) is 0 Å². The van der Waals surface area contributed by atoms with Crippen LogP contribution in [0.5, 0.6) is 0 Å². The topological polar surface area (TPSA) is 113 Å². The summed E-state index contributed by atoms with van der Waals surface area (Å²) >= 11 is 0. The minimum atomic E-state index is -3.70. The van der Waals surface area contributed by atoms with E-state index in [1.54, 1.807) is 4.90 Å². The molecule has 166 valence electrons. The second-order valence-corrected chi connectivity index (χ2v) is 11.0. The van der Waals surface area contributed by atoms with Gasteiger partial charge in [0.25, 0.3) is 5.91 Å². The first-order valence-electron chi connectivity index (χ1n) is 11.2. The van der Waals surface area contributed by atoms with E-state index in [9.17, 15) is 22.8 Å². The van der Waals surface area contributed by atoms with Gasteiger partial charge in [-0.3, -0.25) is 19.1 Å². The highest BCUT2D eigenvalue weighted by Gasteiger charge is 2.61. The monoisotopic (exact) mass is 437 g/mol. The summed E-state index contributed by atoms with van der Waals surface area (Å²) in [6.07, 6.45) is 11.9. The molecule has 0 aromatic rings. The third-order valence-corrected chi connectivity index (χ3v) is 8.54. The first-order valence-corrected chi connectivity index (χ1v) is 12.7. The summed E-state index contributed by atoms with van der Waals surface area (Å²) in [4.78, 5) is 40.3. The van der Waals surface area contributed by atoms with Crippen LogP contribution in [-0.2, 0) is 24.4 Å². The van der Waals surface area contributed by atoms with Crippen molar-refractivity contribution >= 4 is 27.7 Å². The van der Waals surface area contributed by atoms with Gasteiger partial charge in [0.1, 0.15) is 11.6 Å². The zero-order valence-electron chi connectivity index (χ0n) is 17.3. The second kappa shape index (κ2) is 8.32. The summed E-state index contributed by atoms with van der Waals surface area (Å²) in [6, 6.07) is -0.586. The van der Waals surface area contributed by atoms with E-state index in [-0.39, 0.29) is 17.7 Å². The fourth-order valence-electron chi connectivity index (χ4n) is 4.60. The Morgan fingerprint density at radius 3 is 2.63 bits per heavy atom. The summed E-state index contributed by atoms with van der Waals surface area (Å²) in [6.45, 7) is 0.551. The third-order valence-electron chi connectivity index (χ3n) is 6.72. The zero-order valence-corrected chi connectivity index (χ0v) is 18.1. The minimum absolute atomic E-state index is 0.0113. The van der Waals surface area contributed by atoms with Crippen molar-refractivity contribution in [1.82, 2.24) is 14.9 Å². The van der Waals surface area contributed by atoms with Gasteiger partial charge < -0.3 is 10.2 Å². The number of fused-ring (bicyclic) bond motifs is 2. The molecular formula is C21H31N3O5S. The van der Waals surface area contributed by atoms with Gasteiger partial charge >= 0.3 is 0 Å². The first-order chi connectivity index (χ1) is 14.3. The van der Waals surface area contributed by atoms with Crippen LogP contribution in [0.15, 0.2) is 12.2 Å². The lowest BCUT2D eigenvalue weighted by Gasteiger charge is -2.27. The van der Waals surface area contributed by atoms with Crippen molar-refractivity contribution in [2.24, 2.45) is 5.92 Å². The number of hydrogen-bond donors (Lipinski definition) is 2. The number of sulfonamides is 1. The van der Waals surface area contributed by atoms with Crippen LogP contribution in [0.4, 0.5) is 0 Å². The molecule has 4 rings (SSSR count). The van der Waals surface area contributed by atoms with Crippen LogP contribution in [0, 0.1) is 5.92 Å². The number of nitrogens with zero attached hydrogens (tertiary/aromatic N) is 1. The molecular weight excluding hydrogens is 406 g/mol. The summed E-state index contributed by atoms with van der Waals surface area (Å²) in [5.41, 5.74) is -1.24. The Bertz CT molecular complexity index is 851. The molecule has 2 aliphatic heterocycles. The molecule has 0 aromatic carbocycles. The fourth-order valence-corrected chi connectivity index (χ4v) is 5.96. The Hall–Kier alpha value is -1.90. The molecule has 3 amide bonds. The fraction of sp³-hybridized carbons (Fsp3) is 0.762. The van der Waals surface area contributed by atoms with E-state index < -0.39 is 32.8 Å². The molecule has 2 aliphatic carbocycles. The molecule has 9 heteroatoms. The molecule has 0 aromatic heterocycles. The van der Waals surface area contributed by atoms with Gasteiger partial charge in [-0.15, -0.1) is 0 Å². The molecule has 2 heterocycles. The molecule has 2 unspecified atom stereocenters. The van der Waals surface area contributed by atoms with Gasteiger partial charge in [-0.1, -0.05) is 25.0 Å². The number of nitrogens with one attached hydrogen (secondary N) is 2. The lowest BCUT2D eigenvalue weighted by atomic mass is 10.1. The molecule has 3 fully saturated rings. The van der Waals surface area contributed by atoms with Crippen molar-refractivity contribution in [1.29, 1.82) is 0 Å². The maximum Gasteiger partial charge on any atom is 0.259 e. The van der Waals surface area contributed by atoms with Gasteiger partial charge in [0.05, 0.1) is 5.25 Å². The zero-order chi connectivity index (χ0) is 21.4. The van der Waals surface area contributed by atoms with E-state index in [0.717, 1.165) is 38.5 Å². The largest absolute Gasteiger partial charge is 0.339 e. The lowest BCUT2D eigenvalue weighted by molar-refractivity contribution is -0.139. The van der Waals surface area contributed by atoms with Crippen molar-refractivity contribution in [3.8, 4) is 0 Å². The quantitative estimate of drug-likeness (QED) is 0.648. The second-order valence-electron chi connectivity index (χ2n) is 9.07. The number of carbonyl (C=O) groups is 3. The normalized spacial score (nSPS) is 34.1. The van der Waals surface area contributed by atoms with E-state index in [1.165, 1.54) is 0 Å². The molecule has 8 nitrogen and oxygen atoms in total. The number of amides is 3. The molecule has 2 N–H and O–H groups in total. The SMILES string of the molecule is O=C1N[C@@]2(C(=O)NS(=O)(=O)C3CC3)CC2/C=C\CCCCCCC(=O)N2CCCC12. The molecule has 2 saturated carbocycles. The van der Waals surface area contributed by atoms with Gasteiger partial charge in [-0.2, -0.15) is 0 Å². The molecule has 0 radical (unpaired) electrons. The molecule has 0 spiro atoms. The Labute approximate surface area is 177 Å². The number of hydrogen-bond acceptors (Lipinski definition) is 5. The predicted molar refractivity (Wildman–Crippen MR) is 111 cm³/mol. The van der Waals surface area contributed by atoms with Crippen LogP contribution in [0.2, 0.25) is 0 Å². The van der Waals surface area contributed by atoms with E-state index >= 15 is 0 Å². The smallest absolute Gasteiger partial charge is 0.259 e. The number of rotatable bonds is 3. The van der Waals surface area contributed by atoms with Crippen LogP contribution in [0.1, 0.15) is 70.6 Å². The van der Waals surface area contributed by atoms with Crippen molar-refractivity contribution < 1.29 is 22.8 Å². The average Bonchev–Trinajstić information content (AvgIpc) is 3.60. The Morgan fingerprint density at radius 1 is 1.10 bits per heavy atom. The molecule has 0 bridgehead atoms. The molecule has 1 saturated heterocycles. The third kappa shape index (κ3) is 4.40. The van der Waals surface area contributed by atoms with Gasteiger partial charge in [0.2, 0.25) is 21.8 Å². The van der Waals surface area contributed by atoms with Crippen LogP contribution >= 0.6 is 0 Å². The molecule has 30 heavy (non-hydrogen) atoms. The number of carbonyl (C=O) groups excluding carboxylic acids is 3. The van der Waals surface area contributed by atoms with E-state index in [1.807, 2.05) is 12.2 Å². The lowest BCUT2D eigenvalue weighted by Crippen LogP contribution is -2.56. The maximum absolute atomic E-state index is 13.1. The Kier molecular flexibility index (Phi) is 5.92. The minimum Gasteiger partial charge on any atom is -0.339 e. The Balaban J connectivity index is 1.54. The van der Waals surface area contributed by atoms with Crippen LogP contribution in [0.25, 0.3) is 0 Å². The highest BCUT2D eigenvalue weighted by atomic mass is 32.2. The van der Waals surface area contributed by atoms with Crippen molar-refractivity contribution in [3.05, 3.63) is 12.2 Å². The first kappa shape index (κ1) is 21.3. The van der Waals surface area contributed by atoms with Crippen LogP contribution in [-0.4, -0.2) is 54.4 Å². The Morgan fingerprint density at radius 2 is 1.87 bits per heavy atom. The molecule has 3 atom stereocenters. The standard InChI is InChI=1S/C21H31N3O5S/c25-18-10-6-4-2-1-3-5-8-15-14-21(15,20(27)23-30(28,29)16-11-12-16)22-19(26)17-9-7-13-24(17)18/h5,8,15-17H,1-4,6-7,9-14H2,(H,22,26)(H,23,27)/b8-5-/t15?,17?,21-/m0/s1. The van der Waals surface area contributed by atoms with E-state index in [4.69, 9.17) is 0 Å². The van der Waals surface area contributed by atoms with Crippen molar-refractivity contribution in [2.75, 3.05) is 6.54 Å². The predicted octanol–water partition coefficient (Wildman–Crippen LogP) is 1.37. The summed E-state index contributed by atoms with van der Waals surface area (Å²) in [7, 11) is -3.70. The highest BCUT2D eigenvalue weighted by molar-refractivity contribution is 7.91. The van der Waals surface area contributed by atoms with Crippen molar-refractivity contribution in [2.45, 2.75) is 87.5 Å². The van der Waals surface area contributed by atoms with E-state index in [0.29, 0.717) is 38.6 Å². The number of allylic oxidation sites excluding steroid dienone is 1. The van der Waals surface area contributed by atoms with Crippen LogP contribution < -0.4 is 10.0 Å². The summed E-state index contributed by atoms with van der Waals surface area (Å²) in [5, 5.41) is 2.34. The van der Waals surface area contributed by atoms with Gasteiger partial charge in [0, 0.05) is 18.9 Å². The van der Waals surface area contributed by atoms with Gasteiger partial charge in [-0.05, 0) is 51.4 Å². The van der Waals surface area contributed by atoms with E-state index in [2.05, 4.69) is 10.0 Å². The average molecular weight is 438 g/mol. The molecule has 4 aliphatic rings. The summed E-state index contributed by atoms with van der Waals surface area (Å²) in [5.74, 6) is -1.25. The van der Waals surface area contributed by atoms with Crippen LogP contribution in [0.3, 0.4) is 0 Å². The van der Waals surface area contributed by atoms with Gasteiger partial charge in [-0.25, -0.2) is 8.42 Å². The summed E-state index contributed by atoms with van der Waals surface area (Å²) < 4.78 is 26.8. The highest BCUT2D eigenvalue weighted by Crippen LogP contribution is 2.46. The maximum atomic E-state index is 13.1. The van der Waals surface area contributed by atoms with Gasteiger partial charge in [0.15, 0.2) is 0 Å².